The van der Waals surface area contributed by atoms with Gasteiger partial charge in [0.05, 0.1) is 0 Å². The Hall–Kier alpha value is -0.380. The summed E-state index contributed by atoms with van der Waals surface area (Å²) in [5.74, 6) is 0.917. The summed E-state index contributed by atoms with van der Waals surface area (Å²) in [5.41, 5.74) is 8.21. The van der Waals surface area contributed by atoms with E-state index in [9.17, 15) is 0 Å². The van der Waals surface area contributed by atoms with Gasteiger partial charge in [0.2, 0.25) is 0 Å². The predicted octanol–water partition coefficient (Wildman–Crippen LogP) is 3.92. The Labute approximate surface area is 125 Å². The maximum atomic E-state index is 5.67. The van der Waals surface area contributed by atoms with Crippen molar-refractivity contribution in [1.82, 2.24) is 4.90 Å². The molecule has 3 heteroatoms. The van der Waals surface area contributed by atoms with Gasteiger partial charge in [-0.05, 0) is 55.8 Å². The minimum Gasteiger partial charge on any atom is -0.326 e. The van der Waals surface area contributed by atoms with Crippen LogP contribution in [0.25, 0.3) is 0 Å². The molecule has 1 fully saturated rings. The lowest BCUT2D eigenvalue weighted by Crippen LogP contribution is -2.34. The minimum atomic E-state index is 0.606. The van der Waals surface area contributed by atoms with Gasteiger partial charge in [0.25, 0.3) is 0 Å². The Morgan fingerprint density at radius 2 is 1.95 bits per heavy atom. The van der Waals surface area contributed by atoms with E-state index < -0.39 is 0 Å². The molecule has 1 saturated carbocycles. The normalized spacial score (nSPS) is 23.8. The van der Waals surface area contributed by atoms with E-state index in [2.05, 4.69) is 53.0 Å². The summed E-state index contributed by atoms with van der Waals surface area (Å²) in [6.07, 6.45) is 5.44. The summed E-state index contributed by atoms with van der Waals surface area (Å²) >= 11 is 3.67. The summed E-state index contributed by atoms with van der Waals surface area (Å²) in [6.45, 7) is 4.00. The lowest BCUT2D eigenvalue weighted by Gasteiger charge is -2.33. The van der Waals surface area contributed by atoms with Crippen LogP contribution in [0.1, 0.15) is 43.7 Å². The first kappa shape index (κ1) is 15.0. The van der Waals surface area contributed by atoms with Crippen molar-refractivity contribution in [3.05, 3.63) is 33.8 Å². The fourth-order valence-electron chi connectivity index (χ4n) is 2.93. The van der Waals surface area contributed by atoms with Crippen LogP contribution in [0.4, 0.5) is 0 Å². The Balaban J connectivity index is 1.96. The van der Waals surface area contributed by atoms with E-state index in [4.69, 9.17) is 5.73 Å². The van der Waals surface area contributed by atoms with Gasteiger partial charge in [0, 0.05) is 23.6 Å². The molecule has 0 saturated heterocycles. The molecular formula is C16H25BrN2. The standard InChI is InChI=1S/C16H25BrN2/c1-12-3-7-15(8-4-12)19(2)11-14-6-5-13(10-18)9-16(14)17/h5-6,9,12,15H,3-4,7-8,10-11,18H2,1-2H3. The summed E-state index contributed by atoms with van der Waals surface area (Å²) in [5, 5.41) is 0. The van der Waals surface area contributed by atoms with Gasteiger partial charge in [0.1, 0.15) is 0 Å². The van der Waals surface area contributed by atoms with E-state index in [1.807, 2.05) is 0 Å². The van der Waals surface area contributed by atoms with Crippen LogP contribution in [-0.4, -0.2) is 18.0 Å². The Morgan fingerprint density at radius 1 is 1.26 bits per heavy atom. The monoisotopic (exact) mass is 324 g/mol. The van der Waals surface area contributed by atoms with E-state index >= 15 is 0 Å². The van der Waals surface area contributed by atoms with Gasteiger partial charge in [-0.3, -0.25) is 4.90 Å². The van der Waals surface area contributed by atoms with Crippen LogP contribution in [0.15, 0.2) is 22.7 Å². The van der Waals surface area contributed by atoms with Crippen molar-refractivity contribution in [2.24, 2.45) is 11.7 Å². The van der Waals surface area contributed by atoms with Gasteiger partial charge in [-0.25, -0.2) is 0 Å². The third-order valence-corrected chi connectivity index (χ3v) is 5.12. The molecule has 2 N–H and O–H groups in total. The average Bonchev–Trinajstić information content (AvgIpc) is 2.41. The van der Waals surface area contributed by atoms with Crippen molar-refractivity contribution >= 4 is 15.9 Å². The molecule has 1 aliphatic rings. The number of hydrogen-bond donors (Lipinski definition) is 1. The first-order valence-electron chi connectivity index (χ1n) is 7.27. The largest absolute Gasteiger partial charge is 0.326 e. The van der Waals surface area contributed by atoms with Crippen LogP contribution in [0.3, 0.4) is 0 Å². The summed E-state index contributed by atoms with van der Waals surface area (Å²) in [7, 11) is 2.25. The summed E-state index contributed by atoms with van der Waals surface area (Å²) in [6, 6.07) is 7.23. The van der Waals surface area contributed by atoms with Gasteiger partial charge in [-0.2, -0.15) is 0 Å². The molecule has 1 aliphatic carbocycles. The Bertz CT molecular complexity index is 411. The zero-order chi connectivity index (χ0) is 13.8. The van der Waals surface area contributed by atoms with E-state index in [0.717, 1.165) is 18.5 Å². The second-order valence-corrected chi connectivity index (χ2v) is 6.81. The zero-order valence-corrected chi connectivity index (χ0v) is 13.6. The molecule has 2 rings (SSSR count). The topological polar surface area (TPSA) is 29.3 Å². The summed E-state index contributed by atoms with van der Waals surface area (Å²) in [4.78, 5) is 2.51. The average molecular weight is 325 g/mol. The smallest absolute Gasteiger partial charge is 0.0244 e. The molecule has 1 aromatic carbocycles. The number of rotatable bonds is 4. The maximum Gasteiger partial charge on any atom is 0.0244 e. The first-order valence-corrected chi connectivity index (χ1v) is 8.07. The number of nitrogens with two attached hydrogens (primary N) is 1. The van der Waals surface area contributed by atoms with Crippen molar-refractivity contribution < 1.29 is 0 Å². The van der Waals surface area contributed by atoms with Gasteiger partial charge in [0.15, 0.2) is 0 Å². The van der Waals surface area contributed by atoms with Gasteiger partial charge < -0.3 is 5.73 Å². The molecule has 0 unspecified atom stereocenters. The molecule has 106 valence electrons. The third kappa shape index (κ3) is 4.04. The Kier molecular flexibility index (Phi) is 5.43. The van der Waals surface area contributed by atoms with Crippen LogP contribution >= 0.6 is 15.9 Å². The van der Waals surface area contributed by atoms with E-state index in [-0.39, 0.29) is 0 Å². The van der Waals surface area contributed by atoms with E-state index in [1.165, 1.54) is 41.3 Å². The molecule has 0 atom stereocenters. The van der Waals surface area contributed by atoms with Crippen LogP contribution in [0.2, 0.25) is 0 Å². The van der Waals surface area contributed by atoms with Crippen LogP contribution in [-0.2, 0) is 13.1 Å². The number of benzene rings is 1. The van der Waals surface area contributed by atoms with E-state index in [0.29, 0.717) is 6.54 Å². The van der Waals surface area contributed by atoms with Crippen molar-refractivity contribution in [1.29, 1.82) is 0 Å². The molecule has 0 heterocycles. The highest BCUT2D eigenvalue weighted by molar-refractivity contribution is 9.10. The minimum absolute atomic E-state index is 0.606. The van der Waals surface area contributed by atoms with Crippen molar-refractivity contribution in [2.75, 3.05) is 7.05 Å². The number of hydrogen-bond acceptors (Lipinski definition) is 2. The molecular weight excluding hydrogens is 300 g/mol. The zero-order valence-electron chi connectivity index (χ0n) is 12.0. The lowest BCUT2D eigenvalue weighted by molar-refractivity contribution is 0.163. The molecule has 0 amide bonds. The third-order valence-electron chi connectivity index (χ3n) is 4.38. The molecule has 0 bridgehead atoms. The first-order chi connectivity index (χ1) is 9.10. The molecule has 0 radical (unpaired) electrons. The Morgan fingerprint density at radius 3 is 2.53 bits per heavy atom. The molecule has 0 aromatic heterocycles. The second-order valence-electron chi connectivity index (χ2n) is 5.96. The van der Waals surface area contributed by atoms with Crippen molar-refractivity contribution in [3.63, 3.8) is 0 Å². The molecule has 0 aliphatic heterocycles. The molecule has 1 aromatic rings. The van der Waals surface area contributed by atoms with Crippen LogP contribution in [0, 0.1) is 5.92 Å². The van der Waals surface area contributed by atoms with Crippen LogP contribution < -0.4 is 5.73 Å². The fraction of sp³-hybridized carbons (Fsp3) is 0.625. The highest BCUT2D eigenvalue weighted by Crippen LogP contribution is 2.28. The van der Waals surface area contributed by atoms with Gasteiger partial charge in [-0.1, -0.05) is 35.0 Å². The lowest BCUT2D eigenvalue weighted by atomic mass is 9.86. The van der Waals surface area contributed by atoms with Crippen molar-refractivity contribution in [2.45, 2.75) is 51.7 Å². The summed E-state index contributed by atoms with van der Waals surface area (Å²) < 4.78 is 1.19. The maximum absolute atomic E-state index is 5.67. The molecule has 19 heavy (non-hydrogen) atoms. The van der Waals surface area contributed by atoms with Crippen molar-refractivity contribution in [3.8, 4) is 0 Å². The fourth-order valence-corrected chi connectivity index (χ4v) is 3.48. The second kappa shape index (κ2) is 6.87. The predicted molar refractivity (Wildman–Crippen MR) is 84.9 cm³/mol. The molecule has 2 nitrogen and oxygen atoms in total. The molecule has 0 spiro atoms. The number of nitrogens with zero attached hydrogens (tertiary/aromatic N) is 1. The SMILES string of the molecule is CC1CCC(N(C)Cc2ccc(CN)cc2Br)CC1. The number of halogens is 1. The van der Waals surface area contributed by atoms with Crippen LogP contribution in [0.5, 0.6) is 0 Å². The van der Waals surface area contributed by atoms with Gasteiger partial charge >= 0.3 is 0 Å². The van der Waals surface area contributed by atoms with Gasteiger partial charge in [-0.15, -0.1) is 0 Å². The highest BCUT2D eigenvalue weighted by atomic mass is 79.9. The quantitative estimate of drug-likeness (QED) is 0.909. The van der Waals surface area contributed by atoms with E-state index in [1.54, 1.807) is 0 Å². The highest BCUT2D eigenvalue weighted by Gasteiger charge is 2.21.